The Morgan fingerprint density at radius 3 is 2.62 bits per heavy atom. The van der Waals surface area contributed by atoms with E-state index in [1.54, 1.807) is 0 Å². The first-order valence-electron chi connectivity index (χ1n) is 8.55. The predicted molar refractivity (Wildman–Crippen MR) is 97.1 cm³/mol. The highest BCUT2D eigenvalue weighted by atomic mass is 16.1. The van der Waals surface area contributed by atoms with Crippen LogP contribution >= 0.6 is 0 Å². The molecule has 2 aromatic rings. The van der Waals surface area contributed by atoms with E-state index in [2.05, 4.69) is 34.4 Å². The van der Waals surface area contributed by atoms with Gasteiger partial charge in [0.2, 0.25) is 0 Å². The zero-order chi connectivity index (χ0) is 17.5. The number of carbonyl (C=O) groups is 1. The summed E-state index contributed by atoms with van der Waals surface area (Å²) < 4.78 is 1.85. The quantitative estimate of drug-likeness (QED) is 0.810. The molecule has 0 aliphatic carbocycles. The van der Waals surface area contributed by atoms with Gasteiger partial charge in [0.15, 0.2) is 0 Å². The highest BCUT2D eigenvalue weighted by Crippen LogP contribution is 2.18. The SMILES string of the molecule is CCCn1cc(C(=O)NC(CCN(C)C)c2ccccc2)c(C)n1. The number of carbonyl (C=O) groups excluding carboxylic acids is 1. The summed E-state index contributed by atoms with van der Waals surface area (Å²) in [6.07, 6.45) is 3.71. The lowest BCUT2D eigenvalue weighted by molar-refractivity contribution is 0.0932. The summed E-state index contributed by atoms with van der Waals surface area (Å²) in [4.78, 5) is 14.9. The molecule has 0 radical (unpaired) electrons. The van der Waals surface area contributed by atoms with Crippen LogP contribution in [0.25, 0.3) is 0 Å². The van der Waals surface area contributed by atoms with Crippen molar-refractivity contribution >= 4 is 5.91 Å². The molecule has 130 valence electrons. The predicted octanol–water partition coefficient (Wildman–Crippen LogP) is 3.02. The topological polar surface area (TPSA) is 50.2 Å². The number of hydrogen-bond acceptors (Lipinski definition) is 3. The summed E-state index contributed by atoms with van der Waals surface area (Å²) in [5.74, 6) is -0.0533. The molecule has 0 aliphatic heterocycles. The summed E-state index contributed by atoms with van der Waals surface area (Å²) >= 11 is 0. The molecule has 5 nitrogen and oxygen atoms in total. The van der Waals surface area contributed by atoms with Crippen LogP contribution in [0.2, 0.25) is 0 Å². The lowest BCUT2D eigenvalue weighted by Gasteiger charge is -2.21. The van der Waals surface area contributed by atoms with Crippen LogP contribution in [0.5, 0.6) is 0 Å². The van der Waals surface area contributed by atoms with Gasteiger partial charge in [-0.2, -0.15) is 5.10 Å². The first-order valence-corrected chi connectivity index (χ1v) is 8.55. The van der Waals surface area contributed by atoms with Crippen molar-refractivity contribution < 1.29 is 4.79 Å². The van der Waals surface area contributed by atoms with E-state index >= 15 is 0 Å². The Kier molecular flexibility index (Phi) is 6.55. The Bertz CT molecular complexity index is 649. The largest absolute Gasteiger partial charge is 0.345 e. The van der Waals surface area contributed by atoms with E-state index in [-0.39, 0.29) is 11.9 Å². The summed E-state index contributed by atoms with van der Waals surface area (Å²) in [6.45, 7) is 5.73. The minimum absolute atomic E-state index is 0.00461. The Hall–Kier alpha value is -2.14. The van der Waals surface area contributed by atoms with Crippen LogP contribution in [-0.2, 0) is 6.54 Å². The van der Waals surface area contributed by atoms with Crippen LogP contribution in [0.15, 0.2) is 36.5 Å². The normalized spacial score (nSPS) is 12.4. The fourth-order valence-electron chi connectivity index (χ4n) is 2.72. The number of nitrogens with one attached hydrogen (secondary N) is 1. The van der Waals surface area contributed by atoms with Crippen LogP contribution in [0.3, 0.4) is 0 Å². The van der Waals surface area contributed by atoms with Gasteiger partial charge < -0.3 is 10.2 Å². The van der Waals surface area contributed by atoms with Crippen molar-refractivity contribution in [3.8, 4) is 0 Å². The Balaban J connectivity index is 2.14. The van der Waals surface area contributed by atoms with E-state index in [9.17, 15) is 4.79 Å². The van der Waals surface area contributed by atoms with Gasteiger partial charge in [0.1, 0.15) is 0 Å². The van der Waals surface area contributed by atoms with E-state index in [4.69, 9.17) is 0 Å². The van der Waals surface area contributed by atoms with Gasteiger partial charge >= 0.3 is 0 Å². The van der Waals surface area contributed by atoms with E-state index < -0.39 is 0 Å². The van der Waals surface area contributed by atoms with Crippen molar-refractivity contribution in [3.63, 3.8) is 0 Å². The number of amides is 1. The van der Waals surface area contributed by atoms with Crippen molar-refractivity contribution in [2.24, 2.45) is 0 Å². The molecule has 1 aromatic heterocycles. The van der Waals surface area contributed by atoms with E-state index in [1.807, 2.05) is 50.1 Å². The molecule has 24 heavy (non-hydrogen) atoms. The molecule has 0 aliphatic rings. The van der Waals surface area contributed by atoms with Crippen LogP contribution in [-0.4, -0.2) is 41.2 Å². The highest BCUT2D eigenvalue weighted by molar-refractivity contribution is 5.95. The lowest BCUT2D eigenvalue weighted by Crippen LogP contribution is -2.31. The molecule has 1 heterocycles. The number of benzene rings is 1. The van der Waals surface area contributed by atoms with Gasteiger partial charge in [-0.15, -0.1) is 0 Å². The first-order chi connectivity index (χ1) is 11.5. The minimum Gasteiger partial charge on any atom is -0.345 e. The van der Waals surface area contributed by atoms with Gasteiger partial charge in [0.25, 0.3) is 5.91 Å². The van der Waals surface area contributed by atoms with E-state index in [1.165, 1.54) is 0 Å². The van der Waals surface area contributed by atoms with Gasteiger partial charge in [-0.25, -0.2) is 0 Å². The Morgan fingerprint density at radius 2 is 2.00 bits per heavy atom. The average molecular weight is 328 g/mol. The van der Waals surface area contributed by atoms with Gasteiger partial charge in [0, 0.05) is 12.7 Å². The number of nitrogens with zero attached hydrogens (tertiary/aromatic N) is 3. The lowest BCUT2D eigenvalue weighted by atomic mass is 10.0. The number of rotatable bonds is 8. The minimum atomic E-state index is -0.0533. The second-order valence-electron chi connectivity index (χ2n) is 6.42. The van der Waals surface area contributed by atoms with Crippen molar-refractivity contribution in [2.45, 2.75) is 39.3 Å². The zero-order valence-corrected chi connectivity index (χ0v) is 15.1. The van der Waals surface area contributed by atoms with Crippen molar-refractivity contribution in [2.75, 3.05) is 20.6 Å². The maximum absolute atomic E-state index is 12.7. The first kappa shape index (κ1) is 18.2. The van der Waals surface area contributed by atoms with Crippen LogP contribution in [0.1, 0.15) is 47.4 Å². The summed E-state index contributed by atoms with van der Waals surface area (Å²) in [6, 6.07) is 10.1. The van der Waals surface area contributed by atoms with Crippen molar-refractivity contribution in [3.05, 3.63) is 53.3 Å². The standard InChI is InChI=1S/C19H28N4O/c1-5-12-23-14-17(15(2)21-23)19(24)20-18(11-13-22(3)4)16-9-7-6-8-10-16/h6-10,14,18H,5,11-13H2,1-4H3,(H,20,24). The molecule has 1 atom stereocenters. The number of hydrogen-bond donors (Lipinski definition) is 1. The number of aromatic nitrogens is 2. The molecule has 1 N–H and O–H groups in total. The van der Waals surface area contributed by atoms with Gasteiger partial charge in [-0.3, -0.25) is 9.48 Å². The second-order valence-corrected chi connectivity index (χ2v) is 6.42. The molecule has 1 amide bonds. The molecule has 0 spiro atoms. The average Bonchev–Trinajstić information content (AvgIpc) is 2.93. The third-order valence-corrected chi connectivity index (χ3v) is 4.02. The highest BCUT2D eigenvalue weighted by Gasteiger charge is 2.19. The number of aryl methyl sites for hydroxylation is 2. The van der Waals surface area contributed by atoms with Crippen molar-refractivity contribution in [1.82, 2.24) is 20.0 Å². The molecule has 5 heteroatoms. The third kappa shape index (κ3) is 4.93. The molecule has 0 fully saturated rings. The summed E-state index contributed by atoms with van der Waals surface area (Å²) in [5, 5.41) is 7.61. The zero-order valence-electron chi connectivity index (χ0n) is 15.1. The van der Waals surface area contributed by atoms with Gasteiger partial charge in [-0.1, -0.05) is 37.3 Å². The second kappa shape index (κ2) is 8.64. The molecule has 0 saturated carbocycles. The maximum atomic E-state index is 12.7. The molecule has 2 rings (SSSR count). The summed E-state index contributed by atoms with van der Waals surface area (Å²) in [5.41, 5.74) is 2.57. The Labute approximate surface area is 144 Å². The van der Waals surface area contributed by atoms with E-state index in [0.717, 1.165) is 37.2 Å². The van der Waals surface area contributed by atoms with Gasteiger partial charge in [0.05, 0.1) is 17.3 Å². The van der Waals surface area contributed by atoms with Crippen molar-refractivity contribution in [1.29, 1.82) is 0 Å². The summed E-state index contributed by atoms with van der Waals surface area (Å²) in [7, 11) is 4.09. The molecule has 1 aromatic carbocycles. The Morgan fingerprint density at radius 1 is 1.29 bits per heavy atom. The van der Waals surface area contributed by atoms with Crippen LogP contribution in [0, 0.1) is 6.92 Å². The van der Waals surface area contributed by atoms with E-state index in [0.29, 0.717) is 5.56 Å². The van der Waals surface area contributed by atoms with Crippen LogP contribution < -0.4 is 5.32 Å². The fourth-order valence-corrected chi connectivity index (χ4v) is 2.72. The monoisotopic (exact) mass is 328 g/mol. The molecule has 0 saturated heterocycles. The maximum Gasteiger partial charge on any atom is 0.255 e. The fraction of sp³-hybridized carbons (Fsp3) is 0.474. The molecular formula is C19H28N4O. The molecule has 0 bridgehead atoms. The molecule has 1 unspecified atom stereocenters. The third-order valence-electron chi connectivity index (χ3n) is 4.02. The van der Waals surface area contributed by atoms with Gasteiger partial charge in [-0.05, 0) is 46.0 Å². The molecular weight excluding hydrogens is 300 g/mol. The smallest absolute Gasteiger partial charge is 0.255 e. The van der Waals surface area contributed by atoms with Crippen LogP contribution in [0.4, 0.5) is 0 Å².